The van der Waals surface area contributed by atoms with Gasteiger partial charge >= 0.3 is 5.97 Å². The first-order valence-electron chi connectivity index (χ1n) is 11.5. The molecule has 1 N–H and O–H groups in total. The van der Waals surface area contributed by atoms with Gasteiger partial charge < -0.3 is 5.11 Å². The van der Waals surface area contributed by atoms with Gasteiger partial charge in [-0.3, -0.25) is 9.69 Å². The van der Waals surface area contributed by atoms with Gasteiger partial charge in [0.05, 0.1) is 23.5 Å². The molecule has 3 aromatic carbocycles. The van der Waals surface area contributed by atoms with Gasteiger partial charge in [-0.25, -0.2) is 9.07 Å². The maximum absolute atomic E-state index is 14.9. The van der Waals surface area contributed by atoms with E-state index >= 15 is 0 Å². The minimum Gasteiger partial charge on any atom is -0.481 e. The molecule has 0 unspecified atom stereocenters. The summed E-state index contributed by atoms with van der Waals surface area (Å²) in [6.45, 7) is 1.99. The number of benzene rings is 3. The summed E-state index contributed by atoms with van der Waals surface area (Å²) in [4.78, 5) is 13.5. The summed E-state index contributed by atoms with van der Waals surface area (Å²) in [5.74, 6) is -1.30. The molecule has 0 bridgehead atoms. The summed E-state index contributed by atoms with van der Waals surface area (Å²) in [6, 6.07) is 25.0. The molecule has 2 heterocycles. The molecular weight excluding hydrogens is 429 g/mol. The molecule has 5 nitrogen and oxygen atoms in total. The van der Waals surface area contributed by atoms with Crippen LogP contribution in [0.2, 0.25) is 0 Å². The van der Waals surface area contributed by atoms with Crippen LogP contribution in [0.1, 0.15) is 18.4 Å². The highest BCUT2D eigenvalue weighted by molar-refractivity contribution is 5.70. The third kappa shape index (κ3) is 4.50. The molecule has 4 aromatic rings. The zero-order valence-electron chi connectivity index (χ0n) is 18.8. The number of likely N-dealkylation sites (tertiary alicyclic amines) is 1. The molecule has 0 spiro atoms. The molecule has 0 aliphatic carbocycles. The SMILES string of the molecule is O=C(O)C1CCN(Cc2cnn(-c3ccc(-c4ccccc4)cc3)c2-c2ccccc2F)CC1. The van der Waals surface area contributed by atoms with E-state index in [9.17, 15) is 14.3 Å². The van der Waals surface area contributed by atoms with Gasteiger partial charge in [-0.15, -0.1) is 0 Å². The molecule has 34 heavy (non-hydrogen) atoms. The van der Waals surface area contributed by atoms with Crippen molar-refractivity contribution >= 4 is 5.97 Å². The molecule has 1 saturated heterocycles. The summed E-state index contributed by atoms with van der Waals surface area (Å²) >= 11 is 0. The van der Waals surface area contributed by atoms with Crippen molar-refractivity contribution in [3.8, 4) is 28.1 Å². The lowest BCUT2D eigenvalue weighted by atomic mass is 9.96. The van der Waals surface area contributed by atoms with E-state index in [0.717, 1.165) is 28.1 Å². The van der Waals surface area contributed by atoms with Crippen LogP contribution in [0.4, 0.5) is 4.39 Å². The zero-order valence-corrected chi connectivity index (χ0v) is 18.8. The minimum absolute atomic E-state index is 0.284. The van der Waals surface area contributed by atoms with E-state index in [1.54, 1.807) is 23.0 Å². The topological polar surface area (TPSA) is 58.4 Å². The van der Waals surface area contributed by atoms with Gasteiger partial charge in [0.1, 0.15) is 5.82 Å². The van der Waals surface area contributed by atoms with Gasteiger partial charge in [-0.05, 0) is 61.3 Å². The Balaban J connectivity index is 1.48. The lowest BCUT2D eigenvalue weighted by Gasteiger charge is -2.30. The third-order valence-corrected chi connectivity index (χ3v) is 6.52. The van der Waals surface area contributed by atoms with Gasteiger partial charge in [0.15, 0.2) is 0 Å². The summed E-state index contributed by atoms with van der Waals surface area (Å²) in [5, 5.41) is 13.9. The fourth-order valence-electron chi connectivity index (χ4n) is 4.64. The van der Waals surface area contributed by atoms with Crippen molar-refractivity contribution in [1.29, 1.82) is 0 Å². The normalized spacial score (nSPS) is 14.9. The monoisotopic (exact) mass is 455 g/mol. The van der Waals surface area contributed by atoms with E-state index in [-0.39, 0.29) is 11.7 Å². The second kappa shape index (κ2) is 9.61. The van der Waals surface area contributed by atoms with Crippen LogP contribution in [-0.2, 0) is 11.3 Å². The van der Waals surface area contributed by atoms with E-state index in [0.29, 0.717) is 38.0 Å². The molecule has 1 aromatic heterocycles. The predicted molar refractivity (Wildman–Crippen MR) is 130 cm³/mol. The number of hydrogen-bond donors (Lipinski definition) is 1. The van der Waals surface area contributed by atoms with Crippen LogP contribution in [0.5, 0.6) is 0 Å². The van der Waals surface area contributed by atoms with Gasteiger partial charge in [-0.1, -0.05) is 54.6 Å². The molecule has 0 saturated carbocycles. The van der Waals surface area contributed by atoms with E-state index in [2.05, 4.69) is 22.1 Å². The largest absolute Gasteiger partial charge is 0.481 e. The van der Waals surface area contributed by atoms with Crippen LogP contribution < -0.4 is 0 Å². The van der Waals surface area contributed by atoms with Crippen LogP contribution >= 0.6 is 0 Å². The lowest BCUT2D eigenvalue weighted by Crippen LogP contribution is -2.35. The van der Waals surface area contributed by atoms with E-state index in [4.69, 9.17) is 0 Å². The van der Waals surface area contributed by atoms with Crippen molar-refractivity contribution < 1.29 is 14.3 Å². The first-order valence-corrected chi connectivity index (χ1v) is 11.5. The van der Waals surface area contributed by atoms with Gasteiger partial charge in [0, 0.05) is 17.7 Å². The molecule has 6 heteroatoms. The van der Waals surface area contributed by atoms with E-state index in [1.807, 2.05) is 48.5 Å². The molecule has 0 atom stereocenters. The number of carboxylic acid groups (broad SMARTS) is 1. The second-order valence-corrected chi connectivity index (χ2v) is 8.71. The van der Waals surface area contributed by atoms with Crippen LogP contribution in [0, 0.1) is 11.7 Å². The Hall–Kier alpha value is -3.77. The summed E-state index contributed by atoms with van der Waals surface area (Å²) < 4.78 is 16.7. The smallest absolute Gasteiger partial charge is 0.306 e. The van der Waals surface area contributed by atoms with Gasteiger partial charge in [0.2, 0.25) is 0 Å². The van der Waals surface area contributed by atoms with Crippen LogP contribution in [-0.4, -0.2) is 38.8 Å². The van der Waals surface area contributed by atoms with E-state index in [1.165, 1.54) is 6.07 Å². The second-order valence-electron chi connectivity index (χ2n) is 8.71. The molecule has 0 amide bonds. The quantitative estimate of drug-likeness (QED) is 0.409. The predicted octanol–water partition coefficient (Wildman–Crippen LogP) is 5.64. The number of carboxylic acids is 1. The summed E-state index contributed by atoms with van der Waals surface area (Å²) in [5.41, 5.74) is 5.24. The number of aromatic nitrogens is 2. The maximum atomic E-state index is 14.9. The first kappa shape index (κ1) is 22.0. The average Bonchev–Trinajstić information content (AvgIpc) is 3.28. The number of carbonyl (C=O) groups is 1. The number of rotatable bonds is 6. The first-order chi connectivity index (χ1) is 16.6. The van der Waals surface area contributed by atoms with Crippen molar-refractivity contribution in [2.45, 2.75) is 19.4 Å². The van der Waals surface area contributed by atoms with E-state index < -0.39 is 5.97 Å². The molecule has 0 radical (unpaired) electrons. The Morgan fingerprint density at radius 3 is 2.24 bits per heavy atom. The summed E-state index contributed by atoms with van der Waals surface area (Å²) in [6.07, 6.45) is 3.05. The van der Waals surface area contributed by atoms with Crippen molar-refractivity contribution in [2.75, 3.05) is 13.1 Å². The average molecular weight is 456 g/mol. The number of hydrogen-bond acceptors (Lipinski definition) is 3. The molecular formula is C28H26FN3O2. The van der Waals surface area contributed by atoms with Crippen molar-refractivity contribution in [2.24, 2.45) is 5.92 Å². The molecule has 172 valence electrons. The Morgan fingerprint density at radius 1 is 0.912 bits per heavy atom. The number of nitrogens with zero attached hydrogens (tertiary/aromatic N) is 3. The van der Waals surface area contributed by atoms with Crippen LogP contribution in [0.15, 0.2) is 85.1 Å². The Kier molecular flexibility index (Phi) is 6.23. The minimum atomic E-state index is -0.724. The lowest BCUT2D eigenvalue weighted by molar-refractivity contribution is -0.143. The highest BCUT2D eigenvalue weighted by Crippen LogP contribution is 2.31. The number of aliphatic carboxylic acids is 1. The van der Waals surface area contributed by atoms with Crippen molar-refractivity contribution in [3.63, 3.8) is 0 Å². The van der Waals surface area contributed by atoms with Crippen LogP contribution in [0.3, 0.4) is 0 Å². The molecule has 1 fully saturated rings. The third-order valence-electron chi connectivity index (χ3n) is 6.52. The van der Waals surface area contributed by atoms with Crippen molar-refractivity contribution in [1.82, 2.24) is 14.7 Å². The zero-order chi connectivity index (χ0) is 23.5. The van der Waals surface area contributed by atoms with Gasteiger partial charge in [-0.2, -0.15) is 5.10 Å². The highest BCUT2D eigenvalue weighted by atomic mass is 19.1. The fourth-order valence-corrected chi connectivity index (χ4v) is 4.64. The highest BCUT2D eigenvalue weighted by Gasteiger charge is 2.26. The maximum Gasteiger partial charge on any atom is 0.306 e. The standard InChI is InChI=1S/C28H26FN3O2/c29-26-9-5-4-8-25(26)27-23(19-31-16-14-22(15-17-31)28(33)34)18-30-32(27)24-12-10-21(11-13-24)20-6-2-1-3-7-20/h1-13,18,22H,14-17,19H2,(H,33,34). The molecule has 5 rings (SSSR count). The Bertz CT molecular complexity index is 1280. The van der Waals surface area contributed by atoms with Gasteiger partial charge in [0.25, 0.3) is 0 Å². The number of halogens is 1. The molecule has 1 aliphatic heterocycles. The van der Waals surface area contributed by atoms with Crippen LogP contribution in [0.25, 0.3) is 28.1 Å². The number of piperidine rings is 1. The molecule has 1 aliphatic rings. The Labute approximate surface area is 198 Å². The van der Waals surface area contributed by atoms with Crippen molar-refractivity contribution in [3.05, 3.63) is 96.4 Å². The Morgan fingerprint density at radius 2 is 1.56 bits per heavy atom. The fraction of sp³-hybridized carbons (Fsp3) is 0.214. The summed E-state index contributed by atoms with van der Waals surface area (Å²) in [7, 11) is 0.